The predicted molar refractivity (Wildman–Crippen MR) is 110 cm³/mol. The molecule has 0 aliphatic carbocycles. The molecule has 32 heavy (non-hydrogen) atoms. The zero-order valence-corrected chi connectivity index (χ0v) is 17.9. The van der Waals surface area contributed by atoms with E-state index in [1.807, 2.05) is 0 Å². The van der Waals surface area contributed by atoms with Gasteiger partial charge in [-0.25, -0.2) is 0 Å². The number of amides is 1. The van der Waals surface area contributed by atoms with Gasteiger partial charge in [0, 0.05) is 37.6 Å². The first kappa shape index (κ1) is 24.2. The third-order valence-electron chi connectivity index (χ3n) is 5.53. The van der Waals surface area contributed by atoms with Crippen LogP contribution in [0.4, 0.5) is 32.0 Å². The van der Waals surface area contributed by atoms with Gasteiger partial charge in [-0.1, -0.05) is 30.7 Å². The molecule has 1 fully saturated rings. The molecule has 0 N–H and O–H groups in total. The van der Waals surface area contributed by atoms with E-state index < -0.39 is 23.5 Å². The Balaban J connectivity index is 1.61. The van der Waals surface area contributed by atoms with E-state index in [0.717, 1.165) is 18.2 Å². The van der Waals surface area contributed by atoms with Crippen LogP contribution in [0.15, 0.2) is 42.5 Å². The molecule has 0 radical (unpaired) electrons. The van der Waals surface area contributed by atoms with Gasteiger partial charge in [0.1, 0.15) is 0 Å². The number of alkyl halides is 6. The van der Waals surface area contributed by atoms with Crippen molar-refractivity contribution in [2.75, 3.05) is 31.1 Å². The van der Waals surface area contributed by atoms with Gasteiger partial charge in [0.2, 0.25) is 5.91 Å². The number of anilines is 1. The molecule has 0 aromatic heterocycles. The molecule has 2 aromatic rings. The van der Waals surface area contributed by atoms with E-state index in [-0.39, 0.29) is 55.1 Å². The molecule has 1 amide bonds. The third kappa shape index (κ3) is 5.68. The second-order valence-corrected chi connectivity index (χ2v) is 8.19. The molecule has 1 aliphatic heterocycles. The van der Waals surface area contributed by atoms with E-state index in [2.05, 4.69) is 0 Å². The summed E-state index contributed by atoms with van der Waals surface area (Å²) in [6.45, 7) is 2.65. The van der Waals surface area contributed by atoms with Crippen molar-refractivity contribution in [3.63, 3.8) is 0 Å². The summed E-state index contributed by atoms with van der Waals surface area (Å²) in [5.41, 5.74) is -0.943. The van der Waals surface area contributed by atoms with Gasteiger partial charge in [0.15, 0.2) is 0 Å². The van der Waals surface area contributed by atoms with Crippen LogP contribution in [0.3, 0.4) is 0 Å². The minimum atomic E-state index is -4.52. The fourth-order valence-corrected chi connectivity index (χ4v) is 3.88. The normalized spacial score (nSPS) is 16.2. The molecule has 1 saturated heterocycles. The molecule has 2 aromatic carbocycles. The summed E-state index contributed by atoms with van der Waals surface area (Å²) in [6.07, 6.45) is -8.85. The summed E-state index contributed by atoms with van der Waals surface area (Å²) in [4.78, 5) is 15.8. The lowest BCUT2D eigenvalue weighted by Crippen LogP contribution is -2.49. The molecule has 174 valence electrons. The second-order valence-electron chi connectivity index (χ2n) is 7.75. The maximum Gasteiger partial charge on any atom is 0.418 e. The van der Waals surface area contributed by atoms with Gasteiger partial charge in [-0.2, -0.15) is 26.3 Å². The molecule has 1 heterocycles. The molecular weight excluding hydrogens is 458 g/mol. The zero-order valence-electron chi connectivity index (χ0n) is 17.1. The number of halogens is 7. The minimum Gasteiger partial charge on any atom is -0.367 e. The van der Waals surface area contributed by atoms with Crippen LogP contribution < -0.4 is 4.90 Å². The molecule has 10 heteroatoms. The van der Waals surface area contributed by atoms with E-state index in [9.17, 15) is 31.1 Å². The first-order valence-electron chi connectivity index (χ1n) is 9.93. The van der Waals surface area contributed by atoms with Crippen LogP contribution >= 0.6 is 11.6 Å². The van der Waals surface area contributed by atoms with Crippen LogP contribution in [0.2, 0.25) is 5.02 Å². The standard InChI is InChI=1S/C22H21ClF6N2O/c1-14(15-2-4-16(5-3-15)21(24,25)26)12-20(32)31-10-8-30(9-11-31)19-13-17(23)6-7-18(19)22(27,28)29/h2-7,13-14H,8-12H2,1H3/t14-/m1/s1. The van der Waals surface area contributed by atoms with Crippen LogP contribution in [0.1, 0.15) is 36.0 Å². The van der Waals surface area contributed by atoms with Crippen molar-refractivity contribution < 1.29 is 31.1 Å². The number of carbonyl (C=O) groups is 1. The van der Waals surface area contributed by atoms with E-state index >= 15 is 0 Å². The monoisotopic (exact) mass is 478 g/mol. The summed E-state index contributed by atoms with van der Waals surface area (Å²) < 4.78 is 78.1. The maximum absolute atomic E-state index is 13.3. The van der Waals surface area contributed by atoms with Crippen molar-refractivity contribution in [2.45, 2.75) is 31.6 Å². The quantitative estimate of drug-likeness (QED) is 0.487. The molecule has 3 rings (SSSR count). The van der Waals surface area contributed by atoms with E-state index in [4.69, 9.17) is 11.6 Å². The Morgan fingerprint density at radius 3 is 2.06 bits per heavy atom. The SMILES string of the molecule is C[C@H](CC(=O)N1CCN(c2cc(Cl)ccc2C(F)(F)F)CC1)c1ccc(C(F)(F)F)cc1. The smallest absolute Gasteiger partial charge is 0.367 e. The van der Waals surface area contributed by atoms with Crippen LogP contribution in [0, 0.1) is 0 Å². The van der Waals surface area contributed by atoms with Crippen molar-refractivity contribution in [1.82, 2.24) is 4.90 Å². The lowest BCUT2D eigenvalue weighted by atomic mass is 9.96. The van der Waals surface area contributed by atoms with E-state index in [1.165, 1.54) is 24.3 Å². The van der Waals surface area contributed by atoms with Crippen LogP contribution in [-0.2, 0) is 17.1 Å². The molecule has 0 unspecified atom stereocenters. The second kappa shape index (κ2) is 9.21. The van der Waals surface area contributed by atoms with Crippen molar-refractivity contribution in [1.29, 1.82) is 0 Å². The van der Waals surface area contributed by atoms with Crippen LogP contribution in [0.25, 0.3) is 0 Å². The Morgan fingerprint density at radius 1 is 0.938 bits per heavy atom. The number of nitrogens with zero attached hydrogens (tertiary/aromatic N) is 2. The van der Waals surface area contributed by atoms with Crippen molar-refractivity contribution in [3.8, 4) is 0 Å². The van der Waals surface area contributed by atoms with Gasteiger partial charge in [-0.15, -0.1) is 0 Å². The van der Waals surface area contributed by atoms with Crippen molar-refractivity contribution in [2.24, 2.45) is 0 Å². The predicted octanol–water partition coefficient (Wildman–Crippen LogP) is 6.22. The van der Waals surface area contributed by atoms with Crippen LogP contribution in [0.5, 0.6) is 0 Å². The Morgan fingerprint density at radius 2 is 1.53 bits per heavy atom. The average molecular weight is 479 g/mol. The topological polar surface area (TPSA) is 23.6 Å². The van der Waals surface area contributed by atoms with Gasteiger partial charge >= 0.3 is 12.4 Å². The van der Waals surface area contributed by atoms with Crippen LogP contribution in [-0.4, -0.2) is 37.0 Å². The molecule has 1 atom stereocenters. The Hall–Kier alpha value is -2.42. The first-order valence-corrected chi connectivity index (χ1v) is 10.3. The molecular formula is C22H21ClF6N2O. The van der Waals surface area contributed by atoms with Gasteiger partial charge in [-0.3, -0.25) is 4.79 Å². The third-order valence-corrected chi connectivity index (χ3v) is 5.76. The number of hydrogen-bond donors (Lipinski definition) is 0. The number of carbonyl (C=O) groups excluding carboxylic acids is 1. The molecule has 0 spiro atoms. The zero-order chi connectivity index (χ0) is 23.7. The maximum atomic E-state index is 13.3. The number of rotatable bonds is 4. The minimum absolute atomic E-state index is 0.0183. The lowest BCUT2D eigenvalue weighted by molar-refractivity contribution is -0.138. The summed E-state index contributed by atoms with van der Waals surface area (Å²) >= 11 is 5.89. The molecule has 0 bridgehead atoms. The number of piperazine rings is 1. The van der Waals surface area contributed by atoms with Gasteiger partial charge < -0.3 is 9.80 Å². The molecule has 3 nitrogen and oxygen atoms in total. The Kier molecular flexibility index (Phi) is 6.97. The van der Waals surface area contributed by atoms with Gasteiger partial charge in [0.25, 0.3) is 0 Å². The largest absolute Gasteiger partial charge is 0.418 e. The van der Waals surface area contributed by atoms with Gasteiger partial charge in [0.05, 0.1) is 16.8 Å². The highest BCUT2D eigenvalue weighted by Gasteiger charge is 2.36. The highest BCUT2D eigenvalue weighted by Crippen LogP contribution is 2.38. The van der Waals surface area contributed by atoms with Gasteiger partial charge in [-0.05, 0) is 41.8 Å². The average Bonchev–Trinajstić information content (AvgIpc) is 2.72. The number of hydrogen-bond acceptors (Lipinski definition) is 2. The summed E-state index contributed by atoms with van der Waals surface area (Å²) in [5, 5.41) is 0.192. The van der Waals surface area contributed by atoms with E-state index in [1.54, 1.807) is 16.7 Å². The highest BCUT2D eigenvalue weighted by molar-refractivity contribution is 6.30. The molecule has 1 aliphatic rings. The summed E-state index contributed by atoms with van der Waals surface area (Å²) in [7, 11) is 0. The van der Waals surface area contributed by atoms with Crippen molar-refractivity contribution in [3.05, 3.63) is 64.2 Å². The fraction of sp³-hybridized carbons (Fsp3) is 0.409. The van der Waals surface area contributed by atoms with E-state index in [0.29, 0.717) is 5.56 Å². The lowest BCUT2D eigenvalue weighted by Gasteiger charge is -2.37. The first-order chi connectivity index (χ1) is 14.9. The summed E-state index contributed by atoms with van der Waals surface area (Å²) in [6, 6.07) is 8.09. The Bertz CT molecular complexity index is 950. The highest BCUT2D eigenvalue weighted by atomic mass is 35.5. The molecule has 0 saturated carbocycles. The Labute approximate surface area is 186 Å². The summed E-state index contributed by atoms with van der Waals surface area (Å²) in [5.74, 6) is -0.494. The van der Waals surface area contributed by atoms with Crippen molar-refractivity contribution >= 4 is 23.2 Å². The fourth-order valence-electron chi connectivity index (χ4n) is 3.71. The number of benzene rings is 2.